The number of hydrogen-bond acceptors (Lipinski definition) is 3. The molecule has 0 aliphatic heterocycles. The van der Waals surface area contributed by atoms with Crippen LogP contribution < -0.4 is 5.32 Å². The van der Waals surface area contributed by atoms with Crippen molar-refractivity contribution in [1.82, 2.24) is 5.32 Å². The van der Waals surface area contributed by atoms with Crippen LogP contribution in [0, 0.1) is 0 Å². The molecule has 0 aromatic heterocycles. The molecule has 0 saturated heterocycles. The number of carbonyl (C=O) groups is 2. The minimum atomic E-state index is -1.37. The van der Waals surface area contributed by atoms with Crippen molar-refractivity contribution in [3.63, 3.8) is 0 Å². The summed E-state index contributed by atoms with van der Waals surface area (Å²) in [5.41, 5.74) is 0.0933. The predicted molar refractivity (Wildman–Crippen MR) is 62.4 cm³/mol. The summed E-state index contributed by atoms with van der Waals surface area (Å²) in [5.74, 6) is -2.01. The average molecular weight is 278 g/mol. The number of nitrogens with one attached hydrogen (secondary N) is 1. The van der Waals surface area contributed by atoms with Crippen molar-refractivity contribution in [3.8, 4) is 0 Å². The Morgan fingerprint density at radius 3 is 2.47 bits per heavy atom. The Morgan fingerprint density at radius 2 is 2.00 bits per heavy atom. The van der Waals surface area contributed by atoms with Crippen LogP contribution in [-0.2, 0) is 4.79 Å². The largest absolute Gasteiger partial charge is 0.480 e. The highest BCUT2D eigenvalue weighted by Gasteiger charge is 2.20. The molecule has 0 spiro atoms. The van der Waals surface area contributed by atoms with Crippen LogP contribution in [0.4, 0.5) is 0 Å². The van der Waals surface area contributed by atoms with E-state index >= 15 is 0 Å². The molecule has 17 heavy (non-hydrogen) atoms. The van der Waals surface area contributed by atoms with Crippen molar-refractivity contribution < 1.29 is 19.8 Å². The van der Waals surface area contributed by atoms with Gasteiger partial charge in [0.25, 0.3) is 5.91 Å². The monoisotopic (exact) mass is 277 g/mol. The SMILES string of the molecule is O=C(NC(CO)C(=O)O)c1ccc(Cl)cc1Cl. The summed E-state index contributed by atoms with van der Waals surface area (Å²) < 4.78 is 0. The zero-order chi connectivity index (χ0) is 13.0. The second-order valence-corrected chi connectivity index (χ2v) is 4.01. The topological polar surface area (TPSA) is 86.6 Å². The normalized spacial score (nSPS) is 11.9. The van der Waals surface area contributed by atoms with Gasteiger partial charge in [-0.2, -0.15) is 0 Å². The van der Waals surface area contributed by atoms with Crippen LogP contribution >= 0.6 is 23.2 Å². The molecule has 0 bridgehead atoms. The lowest BCUT2D eigenvalue weighted by atomic mass is 10.2. The first-order valence-electron chi connectivity index (χ1n) is 4.55. The molecule has 1 amide bonds. The molecule has 0 aliphatic carbocycles. The number of carboxylic acid groups (broad SMARTS) is 1. The summed E-state index contributed by atoms with van der Waals surface area (Å²) in [6.07, 6.45) is 0. The minimum Gasteiger partial charge on any atom is -0.480 e. The lowest BCUT2D eigenvalue weighted by molar-refractivity contribution is -0.140. The molecule has 1 aromatic rings. The number of aliphatic hydroxyl groups is 1. The molecule has 0 radical (unpaired) electrons. The molecule has 5 nitrogen and oxygen atoms in total. The van der Waals surface area contributed by atoms with Gasteiger partial charge in [-0.05, 0) is 18.2 Å². The maximum Gasteiger partial charge on any atom is 0.328 e. The predicted octanol–water partition coefficient (Wildman–Crippen LogP) is 1.17. The Hall–Kier alpha value is -1.30. The summed E-state index contributed by atoms with van der Waals surface area (Å²) in [5, 5.41) is 20.0. The van der Waals surface area contributed by atoms with Gasteiger partial charge >= 0.3 is 5.97 Å². The van der Waals surface area contributed by atoms with Gasteiger partial charge in [0.2, 0.25) is 0 Å². The fourth-order valence-corrected chi connectivity index (χ4v) is 1.59. The highest BCUT2D eigenvalue weighted by molar-refractivity contribution is 6.36. The van der Waals surface area contributed by atoms with Crippen LogP contribution in [0.2, 0.25) is 10.0 Å². The minimum absolute atomic E-state index is 0.0933. The van der Waals surface area contributed by atoms with Gasteiger partial charge in [0, 0.05) is 5.02 Å². The van der Waals surface area contributed by atoms with Gasteiger partial charge in [-0.25, -0.2) is 4.79 Å². The maximum absolute atomic E-state index is 11.6. The number of benzene rings is 1. The molecule has 7 heteroatoms. The van der Waals surface area contributed by atoms with E-state index in [0.717, 1.165) is 0 Å². The van der Waals surface area contributed by atoms with Gasteiger partial charge in [-0.3, -0.25) is 4.79 Å². The summed E-state index contributed by atoms with van der Waals surface area (Å²) >= 11 is 11.4. The van der Waals surface area contributed by atoms with Gasteiger partial charge in [-0.15, -0.1) is 0 Å². The number of amides is 1. The van der Waals surface area contributed by atoms with E-state index in [1.807, 2.05) is 0 Å². The Kier molecular flexibility index (Phi) is 4.74. The lowest BCUT2D eigenvalue weighted by Crippen LogP contribution is -2.43. The number of aliphatic hydroxyl groups excluding tert-OH is 1. The molecule has 1 aromatic carbocycles. The molecule has 3 N–H and O–H groups in total. The molecule has 0 aliphatic rings. The first-order valence-corrected chi connectivity index (χ1v) is 5.31. The van der Waals surface area contributed by atoms with E-state index in [2.05, 4.69) is 5.32 Å². The number of halogens is 2. The van der Waals surface area contributed by atoms with Crippen molar-refractivity contribution in [3.05, 3.63) is 33.8 Å². The number of rotatable bonds is 4. The number of aliphatic carboxylic acids is 1. The van der Waals surface area contributed by atoms with E-state index in [9.17, 15) is 9.59 Å². The van der Waals surface area contributed by atoms with E-state index in [1.54, 1.807) is 0 Å². The fourth-order valence-electron chi connectivity index (χ4n) is 1.10. The maximum atomic E-state index is 11.6. The van der Waals surface area contributed by atoms with Crippen molar-refractivity contribution in [1.29, 1.82) is 0 Å². The zero-order valence-corrected chi connectivity index (χ0v) is 10.00. The lowest BCUT2D eigenvalue weighted by Gasteiger charge is -2.12. The van der Waals surface area contributed by atoms with Gasteiger partial charge in [0.15, 0.2) is 6.04 Å². The molecule has 92 valence electrons. The van der Waals surface area contributed by atoms with E-state index in [1.165, 1.54) is 18.2 Å². The summed E-state index contributed by atoms with van der Waals surface area (Å²) in [6, 6.07) is 2.83. The van der Waals surface area contributed by atoms with Gasteiger partial charge in [0.1, 0.15) is 0 Å². The van der Waals surface area contributed by atoms with Crippen LogP contribution in [-0.4, -0.2) is 34.7 Å². The van der Waals surface area contributed by atoms with Crippen LogP contribution in [0.1, 0.15) is 10.4 Å². The molecule has 0 saturated carbocycles. The van der Waals surface area contributed by atoms with Crippen molar-refractivity contribution in [2.24, 2.45) is 0 Å². The molecule has 1 rings (SSSR count). The van der Waals surface area contributed by atoms with Gasteiger partial charge < -0.3 is 15.5 Å². The fraction of sp³-hybridized carbons (Fsp3) is 0.200. The average Bonchev–Trinajstić information content (AvgIpc) is 2.24. The Bertz CT molecular complexity index is 450. The third-order valence-electron chi connectivity index (χ3n) is 1.96. The quantitative estimate of drug-likeness (QED) is 0.771. The van der Waals surface area contributed by atoms with Crippen LogP contribution in [0.25, 0.3) is 0 Å². The molecule has 1 atom stereocenters. The van der Waals surface area contributed by atoms with Gasteiger partial charge in [0.05, 0.1) is 17.2 Å². The van der Waals surface area contributed by atoms with E-state index in [0.29, 0.717) is 5.02 Å². The van der Waals surface area contributed by atoms with Gasteiger partial charge in [-0.1, -0.05) is 23.2 Å². The smallest absolute Gasteiger partial charge is 0.328 e. The first-order chi connectivity index (χ1) is 7.95. The Labute approximate surface area is 107 Å². The highest BCUT2D eigenvalue weighted by Crippen LogP contribution is 2.20. The highest BCUT2D eigenvalue weighted by atomic mass is 35.5. The van der Waals surface area contributed by atoms with Crippen molar-refractivity contribution in [2.45, 2.75) is 6.04 Å². The summed E-state index contributed by atoms with van der Waals surface area (Å²) in [6.45, 7) is -0.702. The Balaban J connectivity index is 2.86. The van der Waals surface area contributed by atoms with E-state index < -0.39 is 24.5 Å². The van der Waals surface area contributed by atoms with E-state index in [-0.39, 0.29) is 10.6 Å². The number of carbonyl (C=O) groups excluding carboxylic acids is 1. The molecule has 0 heterocycles. The summed E-state index contributed by atoms with van der Waals surface area (Å²) in [4.78, 5) is 22.2. The number of carboxylic acids is 1. The van der Waals surface area contributed by atoms with Crippen molar-refractivity contribution >= 4 is 35.1 Å². The molecule has 1 unspecified atom stereocenters. The summed E-state index contributed by atoms with van der Waals surface area (Å²) in [7, 11) is 0. The third kappa shape index (κ3) is 3.59. The van der Waals surface area contributed by atoms with Crippen LogP contribution in [0.5, 0.6) is 0 Å². The van der Waals surface area contributed by atoms with Crippen LogP contribution in [0.3, 0.4) is 0 Å². The van der Waals surface area contributed by atoms with Crippen molar-refractivity contribution in [2.75, 3.05) is 6.61 Å². The number of hydrogen-bond donors (Lipinski definition) is 3. The first kappa shape index (κ1) is 13.8. The Morgan fingerprint density at radius 1 is 1.35 bits per heavy atom. The molecule has 0 fully saturated rings. The van der Waals surface area contributed by atoms with Crippen LogP contribution in [0.15, 0.2) is 18.2 Å². The third-order valence-corrected chi connectivity index (χ3v) is 2.51. The zero-order valence-electron chi connectivity index (χ0n) is 8.48. The second kappa shape index (κ2) is 5.86. The standard InChI is InChI=1S/C10H9Cl2NO4/c11-5-1-2-6(7(12)3-5)9(15)13-8(4-14)10(16)17/h1-3,8,14H,4H2,(H,13,15)(H,16,17). The molecular weight excluding hydrogens is 269 g/mol. The second-order valence-electron chi connectivity index (χ2n) is 3.17. The molecular formula is C10H9Cl2NO4. The van der Waals surface area contributed by atoms with E-state index in [4.69, 9.17) is 33.4 Å².